The van der Waals surface area contributed by atoms with Crippen LogP contribution >= 0.6 is 23.2 Å². The lowest BCUT2D eigenvalue weighted by atomic mass is 10.4. The van der Waals surface area contributed by atoms with Gasteiger partial charge in [-0.1, -0.05) is 29.8 Å². The molecule has 0 saturated carbocycles. The standard InChI is InChI=1S/C6H6Cl2O2/c1-2-10-6(9)4-3-5(7)8/h2-3H,1,4H2. The van der Waals surface area contributed by atoms with E-state index < -0.39 is 5.97 Å². The van der Waals surface area contributed by atoms with Gasteiger partial charge >= 0.3 is 5.97 Å². The summed E-state index contributed by atoms with van der Waals surface area (Å²) >= 11 is 10.4. The zero-order chi connectivity index (χ0) is 7.98. The minimum atomic E-state index is -0.436. The van der Waals surface area contributed by atoms with E-state index in [2.05, 4.69) is 11.3 Å². The molecule has 0 aromatic rings. The van der Waals surface area contributed by atoms with Crippen molar-refractivity contribution < 1.29 is 9.53 Å². The summed E-state index contributed by atoms with van der Waals surface area (Å²) in [6.07, 6.45) is 2.46. The molecule has 0 N–H and O–H groups in total. The van der Waals surface area contributed by atoms with Crippen LogP contribution in [-0.2, 0) is 9.53 Å². The maximum absolute atomic E-state index is 10.5. The molecule has 10 heavy (non-hydrogen) atoms. The van der Waals surface area contributed by atoms with Gasteiger partial charge in [0.25, 0.3) is 0 Å². The predicted octanol–water partition coefficient (Wildman–Crippen LogP) is 2.38. The Morgan fingerprint density at radius 2 is 2.20 bits per heavy atom. The molecular weight excluding hydrogens is 175 g/mol. The molecule has 0 bridgehead atoms. The smallest absolute Gasteiger partial charge is 0.314 e. The van der Waals surface area contributed by atoms with Crippen molar-refractivity contribution in [3.05, 3.63) is 23.4 Å². The third-order valence-electron chi connectivity index (χ3n) is 0.638. The quantitative estimate of drug-likeness (QED) is 0.493. The zero-order valence-electron chi connectivity index (χ0n) is 5.14. The largest absolute Gasteiger partial charge is 0.435 e. The van der Waals surface area contributed by atoms with Crippen molar-refractivity contribution in [1.29, 1.82) is 0 Å². The van der Waals surface area contributed by atoms with E-state index in [9.17, 15) is 4.79 Å². The van der Waals surface area contributed by atoms with E-state index in [1.54, 1.807) is 0 Å². The minimum Gasteiger partial charge on any atom is -0.435 e. The fourth-order valence-electron chi connectivity index (χ4n) is 0.302. The molecule has 0 aromatic carbocycles. The second-order valence-electron chi connectivity index (χ2n) is 1.35. The zero-order valence-corrected chi connectivity index (χ0v) is 6.65. The number of halogens is 2. The fraction of sp³-hybridized carbons (Fsp3) is 0.167. The molecule has 0 radical (unpaired) electrons. The molecule has 0 aliphatic carbocycles. The maximum atomic E-state index is 10.5. The third-order valence-corrected chi connectivity index (χ3v) is 0.946. The lowest BCUT2D eigenvalue weighted by molar-refractivity contribution is -0.136. The van der Waals surface area contributed by atoms with E-state index in [-0.39, 0.29) is 10.9 Å². The van der Waals surface area contributed by atoms with E-state index in [0.717, 1.165) is 6.26 Å². The summed E-state index contributed by atoms with van der Waals surface area (Å²) < 4.78 is 4.41. The number of carbonyl (C=O) groups excluding carboxylic acids is 1. The summed E-state index contributed by atoms with van der Waals surface area (Å²) in [5.74, 6) is -0.436. The molecule has 4 heteroatoms. The van der Waals surface area contributed by atoms with Gasteiger partial charge in [-0.05, 0) is 6.08 Å². The van der Waals surface area contributed by atoms with Gasteiger partial charge in [0.15, 0.2) is 0 Å². The van der Waals surface area contributed by atoms with E-state index in [0.29, 0.717) is 0 Å². The molecule has 0 fully saturated rings. The van der Waals surface area contributed by atoms with Crippen molar-refractivity contribution in [3.63, 3.8) is 0 Å². The average molecular weight is 181 g/mol. The molecule has 0 aliphatic rings. The maximum Gasteiger partial charge on any atom is 0.314 e. The Balaban J connectivity index is 3.59. The number of ether oxygens (including phenoxy) is 1. The SMILES string of the molecule is C=COC(=O)CC=C(Cl)Cl. The van der Waals surface area contributed by atoms with E-state index in [4.69, 9.17) is 23.2 Å². The van der Waals surface area contributed by atoms with Crippen LogP contribution in [0.15, 0.2) is 23.4 Å². The third kappa shape index (κ3) is 5.66. The molecule has 2 nitrogen and oxygen atoms in total. The van der Waals surface area contributed by atoms with Crippen LogP contribution in [0.1, 0.15) is 6.42 Å². The summed E-state index contributed by atoms with van der Waals surface area (Å²) in [6, 6.07) is 0. The summed E-state index contributed by atoms with van der Waals surface area (Å²) in [5.41, 5.74) is 0. The van der Waals surface area contributed by atoms with Crippen molar-refractivity contribution in [2.24, 2.45) is 0 Å². The first-order chi connectivity index (χ1) is 4.66. The van der Waals surface area contributed by atoms with Gasteiger partial charge < -0.3 is 4.74 Å². The molecule has 0 unspecified atom stereocenters. The van der Waals surface area contributed by atoms with Crippen molar-refractivity contribution >= 4 is 29.2 Å². The lowest BCUT2D eigenvalue weighted by Gasteiger charge is -1.91. The van der Waals surface area contributed by atoms with Crippen molar-refractivity contribution in [3.8, 4) is 0 Å². The molecule has 0 spiro atoms. The van der Waals surface area contributed by atoms with Gasteiger partial charge in [0.2, 0.25) is 0 Å². The number of esters is 1. The Morgan fingerprint density at radius 3 is 2.60 bits per heavy atom. The Morgan fingerprint density at radius 1 is 1.60 bits per heavy atom. The first kappa shape index (κ1) is 9.53. The summed E-state index contributed by atoms with van der Waals surface area (Å²) in [4.78, 5) is 10.5. The van der Waals surface area contributed by atoms with Gasteiger partial charge in [-0.2, -0.15) is 0 Å². The van der Waals surface area contributed by atoms with E-state index in [1.807, 2.05) is 0 Å². The molecule has 56 valence electrons. The van der Waals surface area contributed by atoms with Crippen LogP contribution in [0.3, 0.4) is 0 Å². The second kappa shape index (κ2) is 5.33. The summed E-state index contributed by atoms with van der Waals surface area (Å²) in [7, 11) is 0. The van der Waals surface area contributed by atoms with Crippen molar-refractivity contribution in [2.45, 2.75) is 6.42 Å². The molecule has 0 aliphatic heterocycles. The Hall–Kier alpha value is -0.470. The van der Waals surface area contributed by atoms with Gasteiger partial charge in [0, 0.05) is 0 Å². The van der Waals surface area contributed by atoms with Gasteiger partial charge in [-0.15, -0.1) is 0 Å². The predicted molar refractivity (Wildman–Crippen MR) is 40.7 cm³/mol. The van der Waals surface area contributed by atoms with Crippen LogP contribution in [0.4, 0.5) is 0 Å². The molecule has 0 amide bonds. The van der Waals surface area contributed by atoms with Gasteiger partial charge in [-0.25, -0.2) is 0 Å². The highest BCUT2D eigenvalue weighted by Crippen LogP contribution is 2.07. The van der Waals surface area contributed by atoms with Gasteiger partial charge in [0.05, 0.1) is 12.7 Å². The first-order valence-electron chi connectivity index (χ1n) is 2.48. The highest BCUT2D eigenvalue weighted by molar-refractivity contribution is 6.55. The second-order valence-corrected chi connectivity index (χ2v) is 2.36. The number of rotatable bonds is 3. The van der Waals surface area contributed by atoms with E-state index >= 15 is 0 Å². The number of hydrogen-bond acceptors (Lipinski definition) is 2. The van der Waals surface area contributed by atoms with Gasteiger partial charge in [0.1, 0.15) is 4.49 Å². The van der Waals surface area contributed by atoms with Crippen molar-refractivity contribution in [1.82, 2.24) is 0 Å². The van der Waals surface area contributed by atoms with E-state index in [1.165, 1.54) is 6.08 Å². The molecule has 0 rings (SSSR count). The number of hydrogen-bond donors (Lipinski definition) is 0. The van der Waals surface area contributed by atoms with Crippen molar-refractivity contribution in [2.75, 3.05) is 0 Å². The number of carbonyl (C=O) groups is 1. The monoisotopic (exact) mass is 180 g/mol. The Labute approximate surface area is 69.1 Å². The molecule has 0 aromatic heterocycles. The Bertz CT molecular complexity index is 159. The summed E-state index contributed by atoms with van der Waals surface area (Å²) in [5, 5.41) is 0. The van der Waals surface area contributed by atoms with Crippen LogP contribution in [0, 0.1) is 0 Å². The first-order valence-corrected chi connectivity index (χ1v) is 3.24. The molecule has 0 atom stereocenters. The van der Waals surface area contributed by atoms with Crippen LogP contribution in [0.5, 0.6) is 0 Å². The molecule has 0 saturated heterocycles. The van der Waals surface area contributed by atoms with Crippen LogP contribution < -0.4 is 0 Å². The van der Waals surface area contributed by atoms with Gasteiger partial charge in [-0.3, -0.25) is 4.79 Å². The van der Waals surface area contributed by atoms with Crippen LogP contribution in [0.2, 0.25) is 0 Å². The summed E-state index contributed by atoms with van der Waals surface area (Å²) in [6.45, 7) is 3.20. The highest BCUT2D eigenvalue weighted by Gasteiger charge is 1.96. The van der Waals surface area contributed by atoms with Crippen LogP contribution in [-0.4, -0.2) is 5.97 Å². The average Bonchev–Trinajstić information content (AvgIpc) is 1.85. The highest BCUT2D eigenvalue weighted by atomic mass is 35.5. The molecule has 0 heterocycles. The van der Waals surface area contributed by atoms with Crippen LogP contribution in [0.25, 0.3) is 0 Å². The lowest BCUT2D eigenvalue weighted by Crippen LogP contribution is -1.95. The Kier molecular flexibility index (Phi) is 5.08. The molecular formula is C6H6Cl2O2. The topological polar surface area (TPSA) is 26.3 Å². The fourth-order valence-corrected chi connectivity index (χ4v) is 0.456. The normalized spacial score (nSPS) is 8.20. The minimum absolute atomic E-state index is 0.0565.